The molecule has 2 fully saturated rings. The molecule has 3 unspecified atom stereocenters. The molecule has 2 saturated carbocycles. The van der Waals surface area contributed by atoms with Crippen molar-refractivity contribution in [1.82, 2.24) is 0 Å². The van der Waals surface area contributed by atoms with Crippen LogP contribution in [0.1, 0.15) is 48.5 Å². The molecule has 18 heavy (non-hydrogen) atoms. The minimum Gasteiger partial charge on any atom is -0.489 e. The van der Waals surface area contributed by atoms with Crippen molar-refractivity contribution < 1.29 is 9.53 Å². The average Bonchev–Trinajstić information content (AvgIpc) is 2.90. The van der Waals surface area contributed by atoms with E-state index in [0.717, 1.165) is 28.7 Å². The van der Waals surface area contributed by atoms with Crippen LogP contribution < -0.4 is 4.74 Å². The van der Waals surface area contributed by atoms with Gasteiger partial charge in [-0.25, -0.2) is 0 Å². The number of hydrogen-bond acceptors (Lipinski definition) is 2. The summed E-state index contributed by atoms with van der Waals surface area (Å²) in [6, 6.07) is 5.87. The Kier molecular flexibility index (Phi) is 2.89. The lowest BCUT2D eigenvalue weighted by atomic mass is 9.97. The van der Waals surface area contributed by atoms with Crippen LogP contribution in [0.2, 0.25) is 0 Å². The second-order valence-electron chi connectivity index (χ2n) is 5.89. The number of carbonyl (C=O) groups excluding carboxylic acids is 1. The number of ether oxygens (including phenoxy) is 1. The van der Waals surface area contributed by atoms with Crippen LogP contribution in [0.15, 0.2) is 18.2 Å². The minimum absolute atomic E-state index is 0.0909. The number of rotatable bonds is 3. The molecule has 0 spiro atoms. The van der Waals surface area contributed by atoms with Gasteiger partial charge in [-0.05, 0) is 69.1 Å². The van der Waals surface area contributed by atoms with Crippen molar-refractivity contribution in [3.8, 4) is 5.75 Å². The third kappa shape index (κ3) is 2.05. The Bertz CT molecular complexity index is 478. The molecule has 0 aromatic heterocycles. The highest BCUT2D eigenvalue weighted by molar-refractivity contribution is 5.96. The lowest BCUT2D eigenvalue weighted by molar-refractivity contribution is 0.0996. The minimum atomic E-state index is 0.0909. The van der Waals surface area contributed by atoms with Gasteiger partial charge in [-0.15, -0.1) is 0 Å². The number of carbonyl (C=O) groups is 1. The predicted molar refractivity (Wildman–Crippen MR) is 71.0 cm³/mol. The molecule has 2 aliphatic carbocycles. The van der Waals surface area contributed by atoms with Gasteiger partial charge in [0.1, 0.15) is 11.9 Å². The summed E-state index contributed by atoms with van der Waals surface area (Å²) in [5.74, 6) is 2.47. The molecule has 1 aromatic rings. The third-order valence-corrected chi connectivity index (χ3v) is 4.47. The Labute approximate surface area is 108 Å². The van der Waals surface area contributed by atoms with Crippen molar-refractivity contribution in [2.45, 2.75) is 45.6 Å². The fraction of sp³-hybridized carbons (Fsp3) is 0.562. The zero-order chi connectivity index (χ0) is 12.7. The molecule has 96 valence electrons. The van der Waals surface area contributed by atoms with Crippen molar-refractivity contribution in [2.24, 2.45) is 11.8 Å². The van der Waals surface area contributed by atoms with Crippen LogP contribution in [0.3, 0.4) is 0 Å². The summed E-state index contributed by atoms with van der Waals surface area (Å²) in [6.45, 7) is 3.65. The molecule has 2 aliphatic rings. The summed E-state index contributed by atoms with van der Waals surface area (Å²) in [5.41, 5.74) is 1.88. The molecular formula is C16H20O2. The highest BCUT2D eigenvalue weighted by Gasteiger charge is 2.41. The van der Waals surface area contributed by atoms with Crippen molar-refractivity contribution in [3.63, 3.8) is 0 Å². The first-order valence-corrected chi connectivity index (χ1v) is 6.91. The molecule has 0 heterocycles. The van der Waals surface area contributed by atoms with Gasteiger partial charge in [-0.2, -0.15) is 0 Å². The van der Waals surface area contributed by atoms with E-state index in [2.05, 4.69) is 0 Å². The maximum absolute atomic E-state index is 11.6. The third-order valence-electron chi connectivity index (χ3n) is 4.47. The lowest BCUT2D eigenvalue weighted by Gasteiger charge is -2.24. The van der Waals surface area contributed by atoms with Crippen LogP contribution in [0, 0.1) is 18.8 Å². The molecule has 0 amide bonds. The van der Waals surface area contributed by atoms with Crippen LogP contribution in [0.25, 0.3) is 0 Å². The molecule has 0 saturated heterocycles. The Morgan fingerprint density at radius 2 is 2.11 bits per heavy atom. The fourth-order valence-electron chi connectivity index (χ4n) is 3.51. The van der Waals surface area contributed by atoms with Gasteiger partial charge in [-0.3, -0.25) is 4.79 Å². The van der Waals surface area contributed by atoms with E-state index in [1.807, 2.05) is 25.1 Å². The van der Waals surface area contributed by atoms with Gasteiger partial charge in [0.2, 0.25) is 0 Å². The second kappa shape index (κ2) is 4.42. The molecule has 0 aliphatic heterocycles. The van der Waals surface area contributed by atoms with Gasteiger partial charge in [0.05, 0.1) is 5.56 Å². The van der Waals surface area contributed by atoms with E-state index in [-0.39, 0.29) is 5.78 Å². The summed E-state index contributed by atoms with van der Waals surface area (Å²) in [6.07, 6.45) is 5.51. The van der Waals surface area contributed by atoms with E-state index in [0.29, 0.717) is 6.10 Å². The number of fused-ring (bicyclic) bond motifs is 2. The molecule has 0 N–H and O–H groups in total. The van der Waals surface area contributed by atoms with E-state index in [1.165, 1.54) is 25.7 Å². The smallest absolute Gasteiger partial charge is 0.163 e. The Hall–Kier alpha value is -1.31. The highest BCUT2D eigenvalue weighted by Crippen LogP contribution is 2.46. The monoisotopic (exact) mass is 244 g/mol. The average molecular weight is 244 g/mol. The summed E-state index contributed by atoms with van der Waals surface area (Å²) >= 11 is 0. The zero-order valence-electron chi connectivity index (χ0n) is 11.1. The van der Waals surface area contributed by atoms with E-state index < -0.39 is 0 Å². The van der Waals surface area contributed by atoms with Crippen LogP contribution in [-0.2, 0) is 0 Å². The van der Waals surface area contributed by atoms with Crippen molar-refractivity contribution in [1.29, 1.82) is 0 Å². The van der Waals surface area contributed by atoms with Crippen LogP contribution in [-0.4, -0.2) is 11.9 Å². The first kappa shape index (κ1) is 11.8. The van der Waals surface area contributed by atoms with Gasteiger partial charge < -0.3 is 4.74 Å². The van der Waals surface area contributed by atoms with Crippen molar-refractivity contribution in [2.75, 3.05) is 0 Å². The van der Waals surface area contributed by atoms with E-state index in [4.69, 9.17) is 4.74 Å². The van der Waals surface area contributed by atoms with Gasteiger partial charge >= 0.3 is 0 Å². The summed E-state index contributed by atoms with van der Waals surface area (Å²) < 4.78 is 6.16. The zero-order valence-corrected chi connectivity index (χ0v) is 11.1. The van der Waals surface area contributed by atoms with E-state index in [1.54, 1.807) is 6.92 Å². The topological polar surface area (TPSA) is 26.3 Å². The first-order valence-electron chi connectivity index (χ1n) is 6.91. The second-order valence-corrected chi connectivity index (χ2v) is 5.89. The van der Waals surface area contributed by atoms with Crippen LogP contribution in [0.4, 0.5) is 0 Å². The molecule has 2 nitrogen and oxygen atoms in total. The SMILES string of the molecule is CC(=O)c1ccc(C)cc1OC1CC2CCC1C2. The highest BCUT2D eigenvalue weighted by atomic mass is 16.5. The Balaban J connectivity index is 1.83. The van der Waals surface area contributed by atoms with Gasteiger partial charge in [0.25, 0.3) is 0 Å². The molecule has 2 heteroatoms. The quantitative estimate of drug-likeness (QED) is 0.757. The lowest BCUT2D eigenvalue weighted by Crippen LogP contribution is -2.24. The standard InChI is InChI=1S/C16H20O2/c1-10-3-6-14(11(2)17)16(7-10)18-15-9-12-4-5-13(15)8-12/h3,6-7,12-13,15H,4-5,8-9H2,1-2H3. The number of aryl methyl sites for hydroxylation is 1. The normalized spacial score (nSPS) is 29.6. The van der Waals surface area contributed by atoms with Crippen molar-refractivity contribution in [3.05, 3.63) is 29.3 Å². The van der Waals surface area contributed by atoms with Crippen molar-refractivity contribution >= 4 is 5.78 Å². The largest absolute Gasteiger partial charge is 0.489 e. The molecule has 0 radical (unpaired) electrons. The maximum atomic E-state index is 11.6. The summed E-state index contributed by atoms with van der Waals surface area (Å²) in [7, 11) is 0. The molecule has 2 bridgehead atoms. The Morgan fingerprint density at radius 1 is 1.28 bits per heavy atom. The van der Waals surface area contributed by atoms with Gasteiger partial charge in [0.15, 0.2) is 5.78 Å². The number of ketones is 1. The van der Waals surface area contributed by atoms with Gasteiger partial charge in [0, 0.05) is 0 Å². The van der Waals surface area contributed by atoms with E-state index in [9.17, 15) is 4.79 Å². The molecule has 1 aromatic carbocycles. The number of benzene rings is 1. The molecule has 3 atom stereocenters. The number of hydrogen-bond donors (Lipinski definition) is 0. The fourth-order valence-corrected chi connectivity index (χ4v) is 3.51. The van der Waals surface area contributed by atoms with E-state index >= 15 is 0 Å². The summed E-state index contributed by atoms with van der Waals surface area (Å²) in [4.78, 5) is 11.6. The maximum Gasteiger partial charge on any atom is 0.163 e. The Morgan fingerprint density at radius 3 is 2.72 bits per heavy atom. The number of Topliss-reactive ketones (excluding diaryl/α,β-unsaturated/α-hetero) is 1. The molecule has 3 rings (SSSR count). The van der Waals surface area contributed by atoms with Crippen LogP contribution >= 0.6 is 0 Å². The van der Waals surface area contributed by atoms with Crippen LogP contribution in [0.5, 0.6) is 5.75 Å². The van der Waals surface area contributed by atoms with Gasteiger partial charge in [-0.1, -0.05) is 6.07 Å². The molecular weight excluding hydrogens is 224 g/mol. The first-order chi connectivity index (χ1) is 8.63. The predicted octanol–water partition coefficient (Wildman–Crippen LogP) is 3.77. The summed E-state index contributed by atoms with van der Waals surface area (Å²) in [5, 5.41) is 0.